The summed E-state index contributed by atoms with van der Waals surface area (Å²) >= 11 is 0. The average Bonchev–Trinajstić information content (AvgIpc) is 2.80. The molecule has 0 bridgehead atoms. The Morgan fingerprint density at radius 1 is 1.58 bits per heavy atom. The van der Waals surface area contributed by atoms with E-state index in [1.165, 1.54) is 7.11 Å². The summed E-state index contributed by atoms with van der Waals surface area (Å²) in [6.45, 7) is 4.91. The van der Waals surface area contributed by atoms with Gasteiger partial charge < -0.3 is 10.1 Å². The molecule has 0 heterocycles. The van der Waals surface area contributed by atoms with Gasteiger partial charge in [-0.3, -0.25) is 4.79 Å². The smallest absolute Gasteiger partial charge is 0.313 e. The third-order valence-corrected chi connectivity index (χ3v) is 2.32. The third kappa shape index (κ3) is 1.97. The van der Waals surface area contributed by atoms with Gasteiger partial charge in [0.1, 0.15) is 0 Å². The SMILES string of the molecule is COC(=O)C1(CNC(C)C)CC1. The first-order valence-electron chi connectivity index (χ1n) is 4.42. The van der Waals surface area contributed by atoms with E-state index < -0.39 is 0 Å². The molecule has 0 aromatic rings. The molecule has 70 valence electrons. The van der Waals surface area contributed by atoms with Crippen LogP contribution in [0.1, 0.15) is 26.7 Å². The molecular formula is C9H17NO2. The van der Waals surface area contributed by atoms with Crippen molar-refractivity contribution in [3.63, 3.8) is 0 Å². The van der Waals surface area contributed by atoms with Gasteiger partial charge in [-0.15, -0.1) is 0 Å². The molecule has 1 aliphatic rings. The molecule has 0 aromatic heterocycles. The lowest BCUT2D eigenvalue weighted by atomic mass is 10.1. The van der Waals surface area contributed by atoms with Crippen LogP contribution in [-0.2, 0) is 9.53 Å². The first-order chi connectivity index (χ1) is 5.60. The maximum Gasteiger partial charge on any atom is 0.313 e. The van der Waals surface area contributed by atoms with Gasteiger partial charge in [-0.2, -0.15) is 0 Å². The van der Waals surface area contributed by atoms with Crippen molar-refractivity contribution >= 4 is 5.97 Å². The van der Waals surface area contributed by atoms with Gasteiger partial charge in [0.15, 0.2) is 0 Å². The lowest BCUT2D eigenvalue weighted by molar-refractivity contribution is -0.146. The number of hydrogen-bond acceptors (Lipinski definition) is 3. The molecular weight excluding hydrogens is 154 g/mol. The Balaban J connectivity index is 2.34. The van der Waals surface area contributed by atoms with E-state index in [0.717, 1.165) is 19.4 Å². The van der Waals surface area contributed by atoms with Crippen LogP contribution in [0.4, 0.5) is 0 Å². The first-order valence-corrected chi connectivity index (χ1v) is 4.42. The second-order valence-corrected chi connectivity index (χ2v) is 3.81. The van der Waals surface area contributed by atoms with Crippen LogP contribution >= 0.6 is 0 Å². The van der Waals surface area contributed by atoms with Gasteiger partial charge in [-0.25, -0.2) is 0 Å². The number of rotatable bonds is 4. The fraction of sp³-hybridized carbons (Fsp3) is 0.889. The van der Waals surface area contributed by atoms with Crippen molar-refractivity contribution in [3.05, 3.63) is 0 Å². The fourth-order valence-electron chi connectivity index (χ4n) is 1.22. The number of carbonyl (C=O) groups is 1. The van der Waals surface area contributed by atoms with Gasteiger partial charge in [-0.05, 0) is 12.8 Å². The molecule has 0 spiro atoms. The molecule has 0 unspecified atom stereocenters. The van der Waals surface area contributed by atoms with Crippen LogP contribution in [0, 0.1) is 5.41 Å². The molecule has 1 aliphatic carbocycles. The molecule has 0 aromatic carbocycles. The number of methoxy groups -OCH3 is 1. The van der Waals surface area contributed by atoms with Crippen molar-refractivity contribution in [1.82, 2.24) is 5.32 Å². The number of carbonyl (C=O) groups excluding carboxylic acids is 1. The zero-order valence-electron chi connectivity index (χ0n) is 8.02. The molecule has 0 radical (unpaired) electrons. The van der Waals surface area contributed by atoms with E-state index in [1.54, 1.807) is 0 Å². The van der Waals surface area contributed by atoms with E-state index in [2.05, 4.69) is 19.2 Å². The molecule has 1 saturated carbocycles. The molecule has 3 heteroatoms. The Bertz CT molecular complexity index is 173. The van der Waals surface area contributed by atoms with E-state index in [-0.39, 0.29) is 11.4 Å². The quantitative estimate of drug-likeness (QED) is 0.640. The van der Waals surface area contributed by atoms with Crippen LogP contribution in [0.2, 0.25) is 0 Å². The molecule has 3 nitrogen and oxygen atoms in total. The van der Waals surface area contributed by atoms with Crippen molar-refractivity contribution in [2.24, 2.45) is 5.41 Å². The van der Waals surface area contributed by atoms with E-state index in [1.807, 2.05) is 0 Å². The average molecular weight is 171 g/mol. The highest BCUT2D eigenvalue weighted by Gasteiger charge is 2.50. The molecule has 0 atom stereocenters. The Kier molecular flexibility index (Phi) is 2.73. The summed E-state index contributed by atoms with van der Waals surface area (Å²) in [4.78, 5) is 11.2. The molecule has 1 fully saturated rings. The lowest BCUT2D eigenvalue weighted by Crippen LogP contribution is -2.34. The van der Waals surface area contributed by atoms with Crippen LogP contribution in [-0.4, -0.2) is 25.7 Å². The van der Waals surface area contributed by atoms with Crippen molar-refractivity contribution < 1.29 is 9.53 Å². The summed E-state index contributed by atoms with van der Waals surface area (Å²) < 4.78 is 4.73. The Morgan fingerprint density at radius 3 is 2.50 bits per heavy atom. The maximum atomic E-state index is 11.2. The van der Waals surface area contributed by atoms with Crippen LogP contribution < -0.4 is 5.32 Å². The zero-order chi connectivity index (χ0) is 9.19. The van der Waals surface area contributed by atoms with Gasteiger partial charge in [0.2, 0.25) is 0 Å². The summed E-state index contributed by atoms with van der Waals surface area (Å²) in [5.41, 5.74) is -0.182. The predicted octanol–water partition coefficient (Wildman–Crippen LogP) is 0.938. The van der Waals surface area contributed by atoms with E-state index in [4.69, 9.17) is 4.74 Å². The van der Waals surface area contributed by atoms with Crippen molar-refractivity contribution in [3.8, 4) is 0 Å². The highest BCUT2D eigenvalue weighted by atomic mass is 16.5. The normalized spacial score (nSPS) is 19.3. The van der Waals surface area contributed by atoms with E-state index in [9.17, 15) is 4.79 Å². The van der Waals surface area contributed by atoms with E-state index >= 15 is 0 Å². The summed E-state index contributed by atoms with van der Waals surface area (Å²) in [7, 11) is 1.46. The highest BCUT2D eigenvalue weighted by Crippen LogP contribution is 2.46. The number of hydrogen-bond donors (Lipinski definition) is 1. The Morgan fingerprint density at radius 2 is 2.17 bits per heavy atom. The highest BCUT2D eigenvalue weighted by molar-refractivity contribution is 5.80. The molecule has 0 saturated heterocycles. The maximum absolute atomic E-state index is 11.2. The van der Waals surface area contributed by atoms with Crippen LogP contribution in [0.5, 0.6) is 0 Å². The minimum atomic E-state index is -0.182. The second kappa shape index (κ2) is 3.44. The topological polar surface area (TPSA) is 38.3 Å². The summed E-state index contributed by atoms with van der Waals surface area (Å²) in [6, 6.07) is 0.437. The minimum Gasteiger partial charge on any atom is -0.469 e. The number of nitrogens with one attached hydrogen (secondary N) is 1. The Labute approximate surface area is 73.5 Å². The first kappa shape index (κ1) is 9.52. The van der Waals surface area contributed by atoms with Crippen LogP contribution in [0.25, 0.3) is 0 Å². The van der Waals surface area contributed by atoms with Crippen molar-refractivity contribution in [2.75, 3.05) is 13.7 Å². The van der Waals surface area contributed by atoms with E-state index in [0.29, 0.717) is 6.04 Å². The number of esters is 1. The predicted molar refractivity (Wildman–Crippen MR) is 46.8 cm³/mol. The fourth-order valence-corrected chi connectivity index (χ4v) is 1.22. The van der Waals surface area contributed by atoms with Crippen LogP contribution in [0.3, 0.4) is 0 Å². The Hall–Kier alpha value is -0.570. The summed E-state index contributed by atoms with van der Waals surface area (Å²) in [5.74, 6) is -0.0596. The molecule has 0 amide bonds. The van der Waals surface area contributed by atoms with Gasteiger partial charge in [0.05, 0.1) is 12.5 Å². The number of ether oxygens (including phenoxy) is 1. The summed E-state index contributed by atoms with van der Waals surface area (Å²) in [6.07, 6.45) is 1.94. The molecule has 1 rings (SSSR count). The largest absolute Gasteiger partial charge is 0.469 e. The van der Waals surface area contributed by atoms with Gasteiger partial charge in [-0.1, -0.05) is 13.8 Å². The van der Waals surface area contributed by atoms with Crippen molar-refractivity contribution in [1.29, 1.82) is 0 Å². The van der Waals surface area contributed by atoms with Gasteiger partial charge in [0, 0.05) is 12.6 Å². The molecule has 0 aliphatic heterocycles. The zero-order valence-corrected chi connectivity index (χ0v) is 8.02. The lowest BCUT2D eigenvalue weighted by Gasteiger charge is -2.15. The third-order valence-electron chi connectivity index (χ3n) is 2.32. The summed E-state index contributed by atoms with van der Waals surface area (Å²) in [5, 5.41) is 3.26. The standard InChI is InChI=1S/C9H17NO2/c1-7(2)10-6-9(4-5-9)8(11)12-3/h7,10H,4-6H2,1-3H3. The van der Waals surface area contributed by atoms with Gasteiger partial charge in [0.25, 0.3) is 0 Å². The minimum absolute atomic E-state index is 0.0596. The van der Waals surface area contributed by atoms with Crippen molar-refractivity contribution in [2.45, 2.75) is 32.7 Å². The molecule has 1 N–H and O–H groups in total. The van der Waals surface area contributed by atoms with Crippen LogP contribution in [0.15, 0.2) is 0 Å². The second-order valence-electron chi connectivity index (χ2n) is 3.81. The monoisotopic (exact) mass is 171 g/mol. The molecule has 12 heavy (non-hydrogen) atoms. The van der Waals surface area contributed by atoms with Gasteiger partial charge >= 0.3 is 5.97 Å².